The third-order valence-corrected chi connectivity index (χ3v) is 4.83. The number of furan rings is 1. The van der Waals surface area contributed by atoms with Crippen molar-refractivity contribution < 1.29 is 18.7 Å². The summed E-state index contributed by atoms with van der Waals surface area (Å²) in [4.78, 5) is 14.3. The number of ether oxygens (including phenoxy) is 2. The first-order valence-electron chi connectivity index (χ1n) is 6.68. The van der Waals surface area contributed by atoms with Crippen molar-refractivity contribution in [3.05, 3.63) is 47.9 Å². The summed E-state index contributed by atoms with van der Waals surface area (Å²) in [6, 6.07) is 9.26. The van der Waals surface area contributed by atoms with Crippen LogP contribution in [0.15, 0.2) is 41.0 Å². The van der Waals surface area contributed by atoms with Crippen molar-refractivity contribution in [2.45, 2.75) is 5.37 Å². The maximum atomic E-state index is 12.5. The highest BCUT2D eigenvalue weighted by atomic mass is 32.2. The Kier molecular flexibility index (Phi) is 3.03. The molecular weight excluding hydrogens is 290 g/mol. The zero-order valence-electron chi connectivity index (χ0n) is 11.2. The Balaban J connectivity index is 1.63. The Labute approximate surface area is 125 Å². The number of thioether (sulfide) groups is 1. The highest BCUT2D eigenvalue weighted by Crippen LogP contribution is 2.42. The van der Waals surface area contributed by atoms with Crippen molar-refractivity contribution >= 4 is 17.7 Å². The van der Waals surface area contributed by atoms with Gasteiger partial charge in [-0.05, 0) is 29.8 Å². The fourth-order valence-corrected chi connectivity index (χ4v) is 3.81. The van der Waals surface area contributed by atoms with E-state index < -0.39 is 0 Å². The van der Waals surface area contributed by atoms with Crippen LogP contribution in [-0.2, 0) is 0 Å². The number of rotatable bonds is 2. The van der Waals surface area contributed by atoms with Crippen LogP contribution >= 0.6 is 11.8 Å². The summed E-state index contributed by atoms with van der Waals surface area (Å²) >= 11 is 1.74. The predicted molar refractivity (Wildman–Crippen MR) is 77.5 cm³/mol. The molecule has 6 heteroatoms. The topological polar surface area (TPSA) is 51.9 Å². The number of carbonyl (C=O) groups is 1. The van der Waals surface area contributed by atoms with Crippen molar-refractivity contribution in [3.8, 4) is 11.5 Å². The van der Waals surface area contributed by atoms with Crippen molar-refractivity contribution in [3.63, 3.8) is 0 Å². The van der Waals surface area contributed by atoms with Gasteiger partial charge in [0.05, 0.1) is 6.26 Å². The van der Waals surface area contributed by atoms with Gasteiger partial charge in [0.15, 0.2) is 17.3 Å². The van der Waals surface area contributed by atoms with Crippen LogP contribution in [0.5, 0.6) is 11.5 Å². The highest BCUT2D eigenvalue weighted by molar-refractivity contribution is 7.99. The van der Waals surface area contributed by atoms with E-state index in [0.717, 1.165) is 22.8 Å². The normalized spacial score (nSPS) is 20.0. The van der Waals surface area contributed by atoms with E-state index in [9.17, 15) is 4.79 Å². The van der Waals surface area contributed by atoms with E-state index in [2.05, 4.69) is 0 Å². The number of fused-ring (bicyclic) bond motifs is 1. The number of nitrogens with zero attached hydrogens (tertiary/aromatic N) is 1. The van der Waals surface area contributed by atoms with Crippen LogP contribution in [0, 0.1) is 0 Å². The van der Waals surface area contributed by atoms with E-state index in [1.807, 2.05) is 23.1 Å². The van der Waals surface area contributed by atoms with Gasteiger partial charge in [-0.1, -0.05) is 6.07 Å². The molecule has 0 N–H and O–H groups in total. The molecule has 1 amide bonds. The second kappa shape index (κ2) is 5.04. The standard InChI is InChI=1S/C15H13NO4S/c17-14(12-2-1-6-18-12)16-5-7-21-15(16)10-3-4-11-13(8-10)20-9-19-11/h1-4,6,8,15H,5,7,9H2. The van der Waals surface area contributed by atoms with E-state index in [-0.39, 0.29) is 18.1 Å². The quantitative estimate of drug-likeness (QED) is 0.854. The summed E-state index contributed by atoms with van der Waals surface area (Å²) in [5.41, 5.74) is 1.04. The maximum absolute atomic E-state index is 12.5. The van der Waals surface area contributed by atoms with Gasteiger partial charge in [-0.15, -0.1) is 11.8 Å². The smallest absolute Gasteiger partial charge is 0.290 e. The Morgan fingerprint density at radius 1 is 1.24 bits per heavy atom. The van der Waals surface area contributed by atoms with Crippen LogP contribution < -0.4 is 9.47 Å². The maximum Gasteiger partial charge on any atom is 0.290 e. The molecule has 1 unspecified atom stereocenters. The van der Waals surface area contributed by atoms with Crippen molar-refractivity contribution in [2.75, 3.05) is 19.1 Å². The summed E-state index contributed by atoms with van der Waals surface area (Å²) in [5, 5.41) is -0.0166. The highest BCUT2D eigenvalue weighted by Gasteiger charge is 2.33. The van der Waals surface area contributed by atoms with Gasteiger partial charge in [0.2, 0.25) is 6.79 Å². The second-order valence-electron chi connectivity index (χ2n) is 4.81. The molecule has 3 heterocycles. The molecule has 1 aromatic carbocycles. The van der Waals surface area contributed by atoms with Gasteiger partial charge < -0.3 is 18.8 Å². The lowest BCUT2D eigenvalue weighted by molar-refractivity contribution is 0.0728. The van der Waals surface area contributed by atoms with Crippen molar-refractivity contribution in [1.82, 2.24) is 4.90 Å². The molecule has 5 nitrogen and oxygen atoms in total. The van der Waals surface area contributed by atoms with Crippen LogP contribution in [0.2, 0.25) is 0 Å². The lowest BCUT2D eigenvalue weighted by atomic mass is 10.1. The van der Waals surface area contributed by atoms with Gasteiger partial charge in [0.1, 0.15) is 5.37 Å². The molecule has 1 aromatic heterocycles. The molecule has 0 aliphatic carbocycles. The number of amides is 1. The number of carbonyl (C=O) groups excluding carboxylic acids is 1. The van der Waals surface area contributed by atoms with Crippen LogP contribution in [-0.4, -0.2) is 29.9 Å². The molecule has 4 rings (SSSR count). The summed E-state index contributed by atoms with van der Waals surface area (Å²) in [7, 11) is 0. The summed E-state index contributed by atoms with van der Waals surface area (Å²) in [6.07, 6.45) is 1.52. The van der Waals surface area contributed by atoms with Gasteiger partial charge in [-0.2, -0.15) is 0 Å². The van der Waals surface area contributed by atoms with Gasteiger partial charge in [-0.3, -0.25) is 4.79 Å². The molecule has 2 aromatic rings. The Morgan fingerprint density at radius 3 is 3.00 bits per heavy atom. The largest absolute Gasteiger partial charge is 0.459 e. The fourth-order valence-electron chi connectivity index (χ4n) is 2.56. The van der Waals surface area contributed by atoms with Gasteiger partial charge in [0, 0.05) is 12.3 Å². The molecule has 0 saturated carbocycles. The predicted octanol–water partition coefficient (Wildman–Crippen LogP) is 2.90. The minimum absolute atomic E-state index is 0.0166. The molecule has 0 radical (unpaired) electrons. The number of hydrogen-bond acceptors (Lipinski definition) is 5. The molecule has 0 bridgehead atoms. The van der Waals surface area contributed by atoms with E-state index in [1.54, 1.807) is 23.9 Å². The molecule has 1 saturated heterocycles. The van der Waals surface area contributed by atoms with Crippen molar-refractivity contribution in [2.24, 2.45) is 0 Å². The molecule has 0 spiro atoms. The van der Waals surface area contributed by atoms with Gasteiger partial charge in [-0.25, -0.2) is 0 Å². The molecular formula is C15H13NO4S. The zero-order chi connectivity index (χ0) is 14.2. The number of benzene rings is 1. The van der Waals surface area contributed by atoms with E-state index in [0.29, 0.717) is 12.3 Å². The minimum Gasteiger partial charge on any atom is -0.459 e. The molecule has 2 aliphatic rings. The second-order valence-corrected chi connectivity index (χ2v) is 6.00. The lowest BCUT2D eigenvalue weighted by Gasteiger charge is -2.23. The van der Waals surface area contributed by atoms with Crippen LogP contribution in [0.25, 0.3) is 0 Å². The minimum atomic E-state index is -0.0762. The first-order valence-corrected chi connectivity index (χ1v) is 7.73. The third kappa shape index (κ3) is 2.15. The van der Waals surface area contributed by atoms with E-state index >= 15 is 0 Å². The SMILES string of the molecule is O=C(c1ccco1)N1CCSC1c1ccc2c(c1)OCO2. The van der Waals surface area contributed by atoms with Crippen molar-refractivity contribution in [1.29, 1.82) is 0 Å². The Bertz CT molecular complexity index is 670. The molecule has 108 valence electrons. The molecule has 21 heavy (non-hydrogen) atoms. The van der Waals surface area contributed by atoms with Gasteiger partial charge >= 0.3 is 0 Å². The monoisotopic (exact) mass is 303 g/mol. The molecule has 1 atom stereocenters. The molecule has 1 fully saturated rings. The average Bonchev–Trinajstić information content (AvgIpc) is 3.24. The van der Waals surface area contributed by atoms with E-state index in [1.165, 1.54) is 6.26 Å². The summed E-state index contributed by atoms with van der Waals surface area (Å²) in [6.45, 7) is 0.967. The van der Waals surface area contributed by atoms with E-state index in [4.69, 9.17) is 13.9 Å². The zero-order valence-corrected chi connectivity index (χ0v) is 12.0. The fraction of sp³-hybridized carbons (Fsp3) is 0.267. The Hall–Kier alpha value is -2.08. The van der Waals surface area contributed by atoms with Gasteiger partial charge in [0.25, 0.3) is 5.91 Å². The summed E-state index contributed by atoms with van der Waals surface area (Å²) < 4.78 is 16.0. The van der Waals surface area contributed by atoms with Crippen LogP contribution in [0.4, 0.5) is 0 Å². The summed E-state index contributed by atoms with van der Waals surface area (Å²) in [5.74, 6) is 2.71. The van der Waals surface area contributed by atoms with Crippen LogP contribution in [0.3, 0.4) is 0 Å². The first-order chi connectivity index (χ1) is 10.3. The lowest BCUT2D eigenvalue weighted by Crippen LogP contribution is -2.30. The Morgan fingerprint density at radius 2 is 2.14 bits per heavy atom. The first kappa shape index (κ1) is 12.6. The average molecular weight is 303 g/mol. The van der Waals surface area contributed by atoms with Crippen LogP contribution in [0.1, 0.15) is 21.5 Å². The third-order valence-electron chi connectivity index (χ3n) is 3.57. The number of hydrogen-bond donors (Lipinski definition) is 0. The molecule has 2 aliphatic heterocycles.